The zero-order chi connectivity index (χ0) is 18.5. The fourth-order valence-corrected chi connectivity index (χ4v) is 3.80. The van der Waals surface area contributed by atoms with E-state index in [4.69, 9.17) is 11.6 Å². The minimum absolute atomic E-state index is 0.0559. The van der Waals surface area contributed by atoms with E-state index in [0.717, 1.165) is 31.2 Å². The lowest BCUT2D eigenvalue weighted by atomic mass is 9.87. The Hall–Kier alpha value is -2.04. The fraction of sp³-hybridized carbons (Fsp3) is 0.381. The molecular weight excluding hydrogens is 350 g/mol. The van der Waals surface area contributed by atoms with E-state index >= 15 is 0 Å². The van der Waals surface area contributed by atoms with E-state index in [1.54, 1.807) is 18.2 Å². The highest BCUT2D eigenvalue weighted by molar-refractivity contribution is 6.30. The molecule has 0 heterocycles. The van der Waals surface area contributed by atoms with Crippen LogP contribution in [0, 0.1) is 0 Å². The second-order valence-electron chi connectivity index (χ2n) is 6.94. The third-order valence-electron chi connectivity index (χ3n) is 5.01. The van der Waals surface area contributed by atoms with Crippen molar-refractivity contribution in [2.24, 2.45) is 0 Å². The number of halogens is 1. The summed E-state index contributed by atoms with van der Waals surface area (Å²) < 4.78 is 0. The first-order valence-electron chi connectivity index (χ1n) is 9.03. The molecule has 1 aliphatic rings. The molecule has 1 saturated carbocycles. The Kier molecular flexibility index (Phi) is 6.17. The van der Waals surface area contributed by atoms with Crippen molar-refractivity contribution in [3.8, 4) is 5.75 Å². The van der Waals surface area contributed by atoms with E-state index in [1.165, 1.54) is 0 Å². The first kappa shape index (κ1) is 18.7. The van der Waals surface area contributed by atoms with Crippen molar-refractivity contribution in [1.82, 2.24) is 5.32 Å². The highest BCUT2D eigenvalue weighted by Crippen LogP contribution is 2.34. The van der Waals surface area contributed by atoms with Crippen LogP contribution in [-0.4, -0.2) is 28.3 Å². The Morgan fingerprint density at radius 3 is 2.54 bits per heavy atom. The summed E-state index contributed by atoms with van der Waals surface area (Å²) in [6, 6.07) is 14.6. The van der Waals surface area contributed by atoms with Gasteiger partial charge in [-0.15, -0.1) is 0 Å². The van der Waals surface area contributed by atoms with E-state index in [2.05, 4.69) is 5.32 Å². The van der Waals surface area contributed by atoms with Crippen LogP contribution in [0.2, 0.25) is 5.02 Å². The molecule has 5 heteroatoms. The quantitative estimate of drug-likeness (QED) is 0.742. The van der Waals surface area contributed by atoms with Crippen LogP contribution in [0.5, 0.6) is 5.75 Å². The highest BCUT2D eigenvalue weighted by Gasteiger charge is 2.25. The van der Waals surface area contributed by atoms with Crippen LogP contribution in [0.25, 0.3) is 0 Å². The maximum Gasteiger partial charge on any atom is 0.221 e. The fourth-order valence-electron chi connectivity index (χ4n) is 3.61. The highest BCUT2D eigenvalue weighted by atomic mass is 35.5. The molecule has 0 bridgehead atoms. The molecule has 0 spiro atoms. The number of hydrogen-bond donors (Lipinski definition) is 3. The van der Waals surface area contributed by atoms with E-state index in [-0.39, 0.29) is 36.1 Å². The second kappa shape index (κ2) is 8.56. The van der Waals surface area contributed by atoms with Crippen LogP contribution < -0.4 is 5.32 Å². The Labute approximate surface area is 158 Å². The van der Waals surface area contributed by atoms with E-state index < -0.39 is 0 Å². The first-order chi connectivity index (χ1) is 12.5. The lowest BCUT2D eigenvalue weighted by Gasteiger charge is -2.27. The molecule has 1 atom stereocenters. The average Bonchev–Trinajstić information content (AvgIpc) is 2.62. The molecule has 0 unspecified atom stereocenters. The first-order valence-corrected chi connectivity index (χ1v) is 9.41. The molecule has 3 rings (SSSR count). The minimum Gasteiger partial charge on any atom is -0.508 e. The number of phenolic OH excluding ortho intramolecular Hbond substituents is 1. The molecule has 0 radical (unpaired) electrons. The van der Waals surface area contributed by atoms with Gasteiger partial charge in [-0.2, -0.15) is 0 Å². The molecule has 26 heavy (non-hydrogen) atoms. The second-order valence-corrected chi connectivity index (χ2v) is 7.38. The molecule has 4 nitrogen and oxygen atoms in total. The van der Waals surface area contributed by atoms with Crippen molar-refractivity contribution >= 4 is 17.5 Å². The number of rotatable bonds is 5. The summed E-state index contributed by atoms with van der Waals surface area (Å²) in [5, 5.41) is 23.6. The van der Waals surface area contributed by atoms with Gasteiger partial charge in [0.05, 0.1) is 6.10 Å². The van der Waals surface area contributed by atoms with E-state index in [0.29, 0.717) is 10.6 Å². The number of benzene rings is 2. The van der Waals surface area contributed by atoms with Gasteiger partial charge in [0.1, 0.15) is 5.75 Å². The van der Waals surface area contributed by atoms with Gasteiger partial charge in [-0.05, 0) is 49.4 Å². The number of amides is 1. The van der Waals surface area contributed by atoms with Gasteiger partial charge >= 0.3 is 0 Å². The molecule has 1 amide bonds. The van der Waals surface area contributed by atoms with Crippen LogP contribution in [0.4, 0.5) is 0 Å². The van der Waals surface area contributed by atoms with Gasteiger partial charge < -0.3 is 15.5 Å². The Balaban J connectivity index is 1.78. The maximum atomic E-state index is 12.7. The van der Waals surface area contributed by atoms with E-state index in [1.807, 2.05) is 30.3 Å². The third-order valence-corrected chi connectivity index (χ3v) is 5.25. The third kappa shape index (κ3) is 4.77. The van der Waals surface area contributed by atoms with Gasteiger partial charge in [0.2, 0.25) is 5.91 Å². The molecule has 0 aromatic heterocycles. The SMILES string of the molecule is O=C(C[C@@H](c1cccc(Cl)c1)c1ccccc1O)NC1CCC(O)CC1. The number of hydrogen-bond acceptors (Lipinski definition) is 3. The number of carbonyl (C=O) groups excluding carboxylic acids is 1. The number of aliphatic hydroxyl groups excluding tert-OH is 1. The van der Waals surface area contributed by atoms with Gasteiger partial charge in [-0.25, -0.2) is 0 Å². The zero-order valence-corrected chi connectivity index (χ0v) is 15.3. The Bertz CT molecular complexity index is 756. The summed E-state index contributed by atoms with van der Waals surface area (Å²) in [7, 11) is 0. The largest absolute Gasteiger partial charge is 0.508 e. The van der Waals surface area contributed by atoms with Crippen LogP contribution in [0.1, 0.15) is 49.1 Å². The molecule has 1 aliphatic carbocycles. The van der Waals surface area contributed by atoms with Crippen molar-refractivity contribution in [3.63, 3.8) is 0 Å². The lowest BCUT2D eigenvalue weighted by Crippen LogP contribution is -2.39. The van der Waals surface area contributed by atoms with Crippen LogP contribution in [0.15, 0.2) is 48.5 Å². The molecule has 0 aliphatic heterocycles. The Morgan fingerprint density at radius 2 is 1.85 bits per heavy atom. The number of para-hydroxylation sites is 1. The van der Waals surface area contributed by atoms with Crippen molar-refractivity contribution in [1.29, 1.82) is 0 Å². The smallest absolute Gasteiger partial charge is 0.221 e. The van der Waals surface area contributed by atoms with Crippen molar-refractivity contribution in [2.45, 2.75) is 50.2 Å². The molecule has 2 aromatic rings. The van der Waals surface area contributed by atoms with Crippen LogP contribution in [-0.2, 0) is 4.79 Å². The number of aromatic hydroxyl groups is 1. The molecule has 138 valence electrons. The zero-order valence-electron chi connectivity index (χ0n) is 14.6. The molecule has 2 aromatic carbocycles. The monoisotopic (exact) mass is 373 g/mol. The number of carbonyl (C=O) groups is 1. The summed E-state index contributed by atoms with van der Waals surface area (Å²) in [5.74, 6) is -0.158. The number of phenols is 1. The van der Waals surface area contributed by atoms with Crippen molar-refractivity contribution < 1.29 is 15.0 Å². The standard InChI is InChI=1S/C21H24ClNO3/c22-15-5-3-4-14(12-15)19(18-6-1-2-7-20(18)25)13-21(26)23-16-8-10-17(24)11-9-16/h1-7,12,16-17,19,24-25H,8-11,13H2,(H,23,26)/t16?,17?,19-/m0/s1. The predicted molar refractivity (Wildman–Crippen MR) is 102 cm³/mol. The lowest BCUT2D eigenvalue weighted by molar-refractivity contribution is -0.122. The van der Waals surface area contributed by atoms with Gasteiger partial charge in [-0.1, -0.05) is 41.9 Å². The van der Waals surface area contributed by atoms with Crippen molar-refractivity contribution in [2.75, 3.05) is 0 Å². The maximum absolute atomic E-state index is 12.7. The average molecular weight is 374 g/mol. The van der Waals surface area contributed by atoms with Crippen LogP contribution in [0.3, 0.4) is 0 Å². The molecule has 0 saturated heterocycles. The number of aliphatic hydroxyl groups is 1. The summed E-state index contributed by atoms with van der Waals surface area (Å²) >= 11 is 6.14. The summed E-state index contributed by atoms with van der Waals surface area (Å²) in [4.78, 5) is 12.7. The van der Waals surface area contributed by atoms with Crippen molar-refractivity contribution in [3.05, 3.63) is 64.7 Å². The van der Waals surface area contributed by atoms with Crippen LogP contribution >= 0.6 is 11.6 Å². The summed E-state index contributed by atoms with van der Waals surface area (Å²) in [6.45, 7) is 0. The predicted octanol–water partition coefficient (Wildman–Crippen LogP) is 3.99. The Morgan fingerprint density at radius 1 is 1.12 bits per heavy atom. The van der Waals surface area contributed by atoms with E-state index in [9.17, 15) is 15.0 Å². The topological polar surface area (TPSA) is 69.6 Å². The normalized spacial score (nSPS) is 21.2. The molecule has 1 fully saturated rings. The van der Waals surface area contributed by atoms with Gasteiger partial charge in [-0.3, -0.25) is 4.79 Å². The summed E-state index contributed by atoms with van der Waals surface area (Å²) in [6.07, 6.45) is 3.03. The molecule has 3 N–H and O–H groups in total. The van der Waals surface area contributed by atoms with Gasteiger partial charge in [0, 0.05) is 29.0 Å². The minimum atomic E-state index is -0.274. The van der Waals surface area contributed by atoms with Gasteiger partial charge in [0.15, 0.2) is 0 Å². The summed E-state index contributed by atoms with van der Waals surface area (Å²) in [5.41, 5.74) is 1.61. The molecular formula is C21H24ClNO3. The van der Waals surface area contributed by atoms with Gasteiger partial charge in [0.25, 0.3) is 0 Å². The number of nitrogens with one attached hydrogen (secondary N) is 1.